The van der Waals surface area contributed by atoms with Crippen LogP contribution in [0.4, 0.5) is 0 Å². The predicted octanol–water partition coefficient (Wildman–Crippen LogP) is 2.40. The molecular weight excluding hydrogens is 200 g/mol. The molecule has 0 aromatic carbocycles. The molecule has 90 valence electrons. The third-order valence-corrected chi connectivity index (χ3v) is 2.84. The van der Waals surface area contributed by atoms with Gasteiger partial charge in [-0.3, -0.25) is 4.98 Å². The number of ether oxygens (including phenoxy) is 1. The average Bonchev–Trinajstić information content (AvgIpc) is 2.34. The summed E-state index contributed by atoms with van der Waals surface area (Å²) in [7, 11) is 1.75. The fourth-order valence-corrected chi connectivity index (χ4v) is 1.91. The second-order valence-electron chi connectivity index (χ2n) is 4.07. The van der Waals surface area contributed by atoms with E-state index in [1.807, 2.05) is 12.4 Å². The topological polar surface area (TPSA) is 34.2 Å². The molecule has 0 bridgehead atoms. The summed E-state index contributed by atoms with van der Waals surface area (Å²) in [4.78, 5) is 4.06. The number of methoxy groups -OCH3 is 1. The lowest BCUT2D eigenvalue weighted by atomic mass is 9.93. The van der Waals surface area contributed by atoms with E-state index in [4.69, 9.17) is 4.74 Å². The lowest BCUT2D eigenvalue weighted by Gasteiger charge is -2.25. The molecule has 0 aliphatic heterocycles. The van der Waals surface area contributed by atoms with Gasteiger partial charge in [-0.2, -0.15) is 0 Å². The van der Waals surface area contributed by atoms with Gasteiger partial charge in [0, 0.05) is 32.2 Å². The Morgan fingerprint density at radius 3 is 2.62 bits per heavy atom. The Kier molecular flexibility index (Phi) is 6.04. The van der Waals surface area contributed by atoms with Crippen LogP contribution in [0.25, 0.3) is 0 Å². The van der Waals surface area contributed by atoms with Gasteiger partial charge in [0.25, 0.3) is 0 Å². The van der Waals surface area contributed by atoms with Gasteiger partial charge in [-0.25, -0.2) is 0 Å². The SMILES string of the molecule is CCNC(c1ccncc1)C(C)CCOC. The van der Waals surface area contributed by atoms with Crippen molar-refractivity contribution in [2.24, 2.45) is 5.92 Å². The Hall–Kier alpha value is -0.930. The molecule has 3 nitrogen and oxygen atoms in total. The van der Waals surface area contributed by atoms with E-state index in [-0.39, 0.29) is 0 Å². The first-order valence-electron chi connectivity index (χ1n) is 5.91. The molecule has 0 saturated heterocycles. The highest BCUT2D eigenvalue weighted by Crippen LogP contribution is 2.23. The van der Waals surface area contributed by atoms with Crippen LogP contribution in [-0.2, 0) is 4.74 Å². The Morgan fingerprint density at radius 2 is 2.06 bits per heavy atom. The van der Waals surface area contributed by atoms with Crippen LogP contribution in [0.1, 0.15) is 31.9 Å². The Labute approximate surface area is 98.2 Å². The molecule has 0 fully saturated rings. The fraction of sp³-hybridized carbons (Fsp3) is 0.615. The first-order chi connectivity index (χ1) is 7.79. The molecule has 0 spiro atoms. The van der Waals surface area contributed by atoms with Gasteiger partial charge in [-0.15, -0.1) is 0 Å². The van der Waals surface area contributed by atoms with Gasteiger partial charge in [0.15, 0.2) is 0 Å². The van der Waals surface area contributed by atoms with Crippen LogP contribution < -0.4 is 5.32 Å². The standard InChI is InChI=1S/C13H22N2O/c1-4-15-13(11(2)7-10-16-3)12-5-8-14-9-6-12/h5-6,8-9,11,13,15H,4,7,10H2,1-3H3. The zero-order chi connectivity index (χ0) is 11.8. The molecule has 1 aromatic heterocycles. The molecule has 3 heteroatoms. The molecule has 1 aromatic rings. The van der Waals surface area contributed by atoms with Crippen molar-refractivity contribution < 1.29 is 4.74 Å². The molecule has 1 rings (SSSR count). The highest BCUT2D eigenvalue weighted by atomic mass is 16.5. The van der Waals surface area contributed by atoms with Crippen LogP contribution in [0.3, 0.4) is 0 Å². The van der Waals surface area contributed by atoms with Crippen molar-refractivity contribution in [1.29, 1.82) is 0 Å². The largest absolute Gasteiger partial charge is 0.385 e. The van der Waals surface area contributed by atoms with E-state index in [0.717, 1.165) is 19.6 Å². The van der Waals surface area contributed by atoms with Gasteiger partial charge in [-0.05, 0) is 36.6 Å². The summed E-state index contributed by atoms with van der Waals surface area (Å²) in [6, 6.07) is 4.55. The molecule has 16 heavy (non-hydrogen) atoms. The number of aromatic nitrogens is 1. The van der Waals surface area contributed by atoms with Gasteiger partial charge < -0.3 is 10.1 Å². The first-order valence-corrected chi connectivity index (χ1v) is 5.91. The van der Waals surface area contributed by atoms with E-state index in [9.17, 15) is 0 Å². The Balaban J connectivity index is 2.66. The lowest BCUT2D eigenvalue weighted by Crippen LogP contribution is -2.27. The third kappa shape index (κ3) is 3.91. The Bertz CT molecular complexity index is 277. The van der Waals surface area contributed by atoms with Gasteiger partial charge >= 0.3 is 0 Å². The molecule has 2 atom stereocenters. The van der Waals surface area contributed by atoms with E-state index in [1.54, 1.807) is 7.11 Å². The van der Waals surface area contributed by atoms with Crippen LogP contribution in [0.2, 0.25) is 0 Å². The van der Waals surface area contributed by atoms with E-state index < -0.39 is 0 Å². The first kappa shape index (κ1) is 13.1. The summed E-state index contributed by atoms with van der Waals surface area (Å²) in [5.41, 5.74) is 1.31. The average molecular weight is 222 g/mol. The van der Waals surface area contributed by atoms with E-state index in [1.165, 1.54) is 5.56 Å². The van der Waals surface area contributed by atoms with Crippen molar-refractivity contribution in [3.63, 3.8) is 0 Å². The van der Waals surface area contributed by atoms with Crippen molar-refractivity contribution in [3.8, 4) is 0 Å². The maximum Gasteiger partial charge on any atom is 0.0465 e. The van der Waals surface area contributed by atoms with Gasteiger partial charge in [0.1, 0.15) is 0 Å². The minimum atomic E-state index is 0.392. The van der Waals surface area contributed by atoms with Gasteiger partial charge in [0.2, 0.25) is 0 Å². The van der Waals surface area contributed by atoms with Crippen LogP contribution in [0, 0.1) is 5.92 Å². The number of rotatable bonds is 7. The predicted molar refractivity (Wildman–Crippen MR) is 66.3 cm³/mol. The Morgan fingerprint density at radius 1 is 1.38 bits per heavy atom. The molecular formula is C13H22N2O. The normalized spacial score (nSPS) is 14.7. The zero-order valence-electron chi connectivity index (χ0n) is 10.4. The molecule has 2 unspecified atom stereocenters. The molecule has 0 amide bonds. The molecule has 0 saturated carbocycles. The van der Waals surface area contributed by atoms with Crippen LogP contribution in [-0.4, -0.2) is 25.2 Å². The smallest absolute Gasteiger partial charge is 0.0465 e. The maximum absolute atomic E-state index is 5.14. The summed E-state index contributed by atoms with van der Waals surface area (Å²) in [5.74, 6) is 0.558. The number of hydrogen-bond donors (Lipinski definition) is 1. The quantitative estimate of drug-likeness (QED) is 0.769. The highest BCUT2D eigenvalue weighted by molar-refractivity contribution is 5.15. The highest BCUT2D eigenvalue weighted by Gasteiger charge is 2.17. The monoisotopic (exact) mass is 222 g/mol. The zero-order valence-corrected chi connectivity index (χ0v) is 10.4. The lowest BCUT2D eigenvalue weighted by molar-refractivity contribution is 0.170. The van der Waals surface area contributed by atoms with Crippen LogP contribution in [0.15, 0.2) is 24.5 Å². The third-order valence-electron chi connectivity index (χ3n) is 2.84. The molecule has 1 heterocycles. The van der Waals surface area contributed by atoms with Crippen molar-refractivity contribution in [2.45, 2.75) is 26.3 Å². The number of nitrogens with one attached hydrogen (secondary N) is 1. The maximum atomic E-state index is 5.14. The van der Waals surface area contributed by atoms with Crippen molar-refractivity contribution >= 4 is 0 Å². The van der Waals surface area contributed by atoms with Crippen LogP contribution >= 0.6 is 0 Å². The molecule has 0 radical (unpaired) electrons. The van der Waals surface area contributed by atoms with Crippen molar-refractivity contribution in [3.05, 3.63) is 30.1 Å². The van der Waals surface area contributed by atoms with Crippen molar-refractivity contribution in [1.82, 2.24) is 10.3 Å². The second-order valence-corrected chi connectivity index (χ2v) is 4.07. The molecule has 1 N–H and O–H groups in total. The van der Waals surface area contributed by atoms with Gasteiger partial charge in [-0.1, -0.05) is 13.8 Å². The summed E-state index contributed by atoms with van der Waals surface area (Å²) in [6.07, 6.45) is 4.77. The van der Waals surface area contributed by atoms with E-state index in [0.29, 0.717) is 12.0 Å². The number of pyridine rings is 1. The molecule has 0 aliphatic carbocycles. The fourth-order valence-electron chi connectivity index (χ4n) is 1.91. The summed E-state index contributed by atoms with van der Waals surface area (Å²) >= 11 is 0. The minimum absolute atomic E-state index is 0.392. The minimum Gasteiger partial charge on any atom is -0.385 e. The van der Waals surface area contributed by atoms with Crippen molar-refractivity contribution in [2.75, 3.05) is 20.3 Å². The van der Waals surface area contributed by atoms with E-state index >= 15 is 0 Å². The number of nitrogens with zero attached hydrogens (tertiary/aromatic N) is 1. The van der Waals surface area contributed by atoms with Crippen LogP contribution in [0.5, 0.6) is 0 Å². The second kappa shape index (κ2) is 7.36. The van der Waals surface area contributed by atoms with Gasteiger partial charge in [0.05, 0.1) is 0 Å². The summed E-state index contributed by atoms with van der Waals surface area (Å²) in [6.45, 7) is 6.18. The summed E-state index contributed by atoms with van der Waals surface area (Å²) < 4.78 is 5.14. The molecule has 0 aliphatic rings. The van der Waals surface area contributed by atoms with E-state index in [2.05, 4.69) is 36.3 Å². The summed E-state index contributed by atoms with van der Waals surface area (Å²) in [5, 5.41) is 3.52. The number of hydrogen-bond acceptors (Lipinski definition) is 3.